The van der Waals surface area contributed by atoms with Gasteiger partial charge in [-0.15, -0.1) is 0 Å². The fourth-order valence-electron chi connectivity index (χ4n) is 1.74. The monoisotopic (exact) mass is 230 g/mol. The number of hydrogen-bond donors (Lipinski definition) is 1. The molecule has 2 rings (SSSR count). The molecule has 0 radical (unpaired) electrons. The van der Waals surface area contributed by atoms with Crippen LogP contribution in [0.4, 0.5) is 5.69 Å². The summed E-state index contributed by atoms with van der Waals surface area (Å²) in [5, 5.41) is 1.99. The highest BCUT2D eigenvalue weighted by molar-refractivity contribution is 5.96. The van der Waals surface area contributed by atoms with E-state index in [1.165, 1.54) is 0 Å². The Labute approximate surface area is 102 Å². The number of pyridine rings is 1. The van der Waals surface area contributed by atoms with Crippen molar-refractivity contribution in [3.05, 3.63) is 30.1 Å². The molecule has 1 unspecified atom stereocenters. The second-order valence-electron chi connectivity index (χ2n) is 4.36. The molecule has 1 heterocycles. The molecular weight excluding hydrogens is 212 g/mol. The molecule has 2 aromatic rings. The number of anilines is 1. The summed E-state index contributed by atoms with van der Waals surface area (Å²) in [6.45, 7) is 6.14. The maximum absolute atomic E-state index is 5.94. The van der Waals surface area contributed by atoms with Gasteiger partial charge >= 0.3 is 0 Å². The van der Waals surface area contributed by atoms with E-state index in [-0.39, 0.29) is 6.10 Å². The molecule has 3 nitrogen and oxygen atoms in total. The molecule has 0 aliphatic rings. The maximum Gasteiger partial charge on any atom is 0.127 e. The van der Waals surface area contributed by atoms with Crippen LogP contribution in [0.2, 0.25) is 0 Å². The molecule has 17 heavy (non-hydrogen) atoms. The second kappa shape index (κ2) is 4.62. The van der Waals surface area contributed by atoms with Gasteiger partial charge in [0.05, 0.1) is 6.10 Å². The zero-order valence-corrected chi connectivity index (χ0v) is 10.5. The third-order valence-electron chi connectivity index (χ3n) is 2.93. The normalized spacial score (nSPS) is 12.6. The van der Waals surface area contributed by atoms with Gasteiger partial charge in [-0.1, -0.05) is 6.92 Å². The van der Waals surface area contributed by atoms with Crippen LogP contribution < -0.4 is 10.5 Å². The highest BCUT2D eigenvalue weighted by Gasteiger charge is 2.08. The lowest BCUT2D eigenvalue weighted by molar-refractivity contribution is 0.220. The number of aromatic nitrogens is 1. The largest absolute Gasteiger partial charge is 0.490 e. The van der Waals surface area contributed by atoms with Crippen LogP contribution in [0, 0.1) is 6.92 Å². The van der Waals surface area contributed by atoms with Gasteiger partial charge in [-0.05, 0) is 38.5 Å². The van der Waals surface area contributed by atoms with Gasteiger partial charge in [0.15, 0.2) is 0 Å². The number of ether oxygens (including phenoxy) is 1. The van der Waals surface area contributed by atoms with E-state index < -0.39 is 0 Å². The molecule has 1 aromatic heterocycles. The van der Waals surface area contributed by atoms with E-state index in [2.05, 4.69) is 18.8 Å². The Bertz CT molecular complexity index is 537. The van der Waals surface area contributed by atoms with Crippen molar-refractivity contribution >= 4 is 16.5 Å². The SMILES string of the molecule is CCC(C)Oc1ccc(N)c2cnc(C)cc12. The van der Waals surface area contributed by atoms with Crippen LogP contribution in [0.25, 0.3) is 10.8 Å². The van der Waals surface area contributed by atoms with E-state index in [1.807, 2.05) is 31.3 Å². The summed E-state index contributed by atoms with van der Waals surface area (Å²) in [4.78, 5) is 4.27. The molecule has 2 N–H and O–H groups in total. The zero-order valence-electron chi connectivity index (χ0n) is 10.5. The fraction of sp³-hybridized carbons (Fsp3) is 0.357. The molecule has 0 aliphatic heterocycles. The average molecular weight is 230 g/mol. The molecule has 0 saturated carbocycles. The van der Waals surface area contributed by atoms with E-state index in [9.17, 15) is 0 Å². The van der Waals surface area contributed by atoms with Crippen molar-refractivity contribution in [2.24, 2.45) is 0 Å². The number of nitrogen functional groups attached to an aromatic ring is 1. The lowest BCUT2D eigenvalue weighted by Gasteiger charge is -2.15. The number of benzene rings is 1. The summed E-state index contributed by atoms with van der Waals surface area (Å²) >= 11 is 0. The highest BCUT2D eigenvalue weighted by atomic mass is 16.5. The highest BCUT2D eigenvalue weighted by Crippen LogP contribution is 2.30. The Morgan fingerprint density at radius 1 is 1.35 bits per heavy atom. The van der Waals surface area contributed by atoms with Crippen LogP contribution in [0.1, 0.15) is 26.0 Å². The van der Waals surface area contributed by atoms with Gasteiger partial charge < -0.3 is 10.5 Å². The smallest absolute Gasteiger partial charge is 0.127 e. The predicted octanol–water partition coefficient (Wildman–Crippen LogP) is 3.30. The van der Waals surface area contributed by atoms with E-state index in [0.717, 1.165) is 34.3 Å². The average Bonchev–Trinajstić information content (AvgIpc) is 2.32. The van der Waals surface area contributed by atoms with Crippen LogP contribution in [0.5, 0.6) is 5.75 Å². The van der Waals surface area contributed by atoms with E-state index in [1.54, 1.807) is 0 Å². The molecule has 0 bridgehead atoms. The first-order valence-electron chi connectivity index (χ1n) is 5.93. The molecule has 0 spiro atoms. The van der Waals surface area contributed by atoms with Crippen molar-refractivity contribution in [2.45, 2.75) is 33.3 Å². The topological polar surface area (TPSA) is 48.1 Å². The molecule has 3 heteroatoms. The van der Waals surface area contributed by atoms with Crippen LogP contribution in [-0.4, -0.2) is 11.1 Å². The number of fused-ring (bicyclic) bond motifs is 1. The third-order valence-corrected chi connectivity index (χ3v) is 2.93. The fourth-order valence-corrected chi connectivity index (χ4v) is 1.74. The summed E-state index contributed by atoms with van der Waals surface area (Å²) in [5.41, 5.74) is 7.65. The standard InChI is InChI=1S/C14H18N2O/c1-4-10(3)17-14-6-5-13(15)12-8-16-9(2)7-11(12)14/h5-8,10H,4,15H2,1-3H3. The van der Waals surface area contributed by atoms with Crippen molar-refractivity contribution in [1.29, 1.82) is 0 Å². The van der Waals surface area contributed by atoms with Crippen molar-refractivity contribution in [3.8, 4) is 5.75 Å². The van der Waals surface area contributed by atoms with Crippen LogP contribution >= 0.6 is 0 Å². The summed E-state index contributed by atoms with van der Waals surface area (Å²) in [6, 6.07) is 5.82. The summed E-state index contributed by atoms with van der Waals surface area (Å²) < 4.78 is 5.90. The first-order chi connectivity index (χ1) is 8.11. The lowest BCUT2D eigenvalue weighted by atomic mass is 10.1. The van der Waals surface area contributed by atoms with E-state index in [0.29, 0.717) is 0 Å². The van der Waals surface area contributed by atoms with Crippen molar-refractivity contribution < 1.29 is 4.74 Å². The first-order valence-corrected chi connectivity index (χ1v) is 5.93. The minimum atomic E-state index is 0.204. The Kier molecular flexibility index (Phi) is 3.18. The van der Waals surface area contributed by atoms with Gasteiger partial charge in [-0.25, -0.2) is 0 Å². The zero-order chi connectivity index (χ0) is 12.4. The summed E-state index contributed by atoms with van der Waals surface area (Å²) in [7, 11) is 0. The molecule has 0 amide bonds. The number of hydrogen-bond acceptors (Lipinski definition) is 3. The summed E-state index contributed by atoms with van der Waals surface area (Å²) in [5.74, 6) is 0.883. The van der Waals surface area contributed by atoms with Gasteiger partial charge in [0, 0.05) is 28.4 Å². The Balaban J connectivity index is 2.55. The number of rotatable bonds is 3. The molecule has 90 valence electrons. The minimum absolute atomic E-state index is 0.204. The summed E-state index contributed by atoms with van der Waals surface area (Å²) in [6.07, 6.45) is 3.00. The van der Waals surface area contributed by atoms with Crippen LogP contribution in [0.15, 0.2) is 24.4 Å². The van der Waals surface area contributed by atoms with Crippen molar-refractivity contribution in [3.63, 3.8) is 0 Å². The Morgan fingerprint density at radius 3 is 2.82 bits per heavy atom. The minimum Gasteiger partial charge on any atom is -0.490 e. The van der Waals surface area contributed by atoms with Gasteiger partial charge in [0.1, 0.15) is 5.75 Å². The first kappa shape index (κ1) is 11.7. The number of nitrogens with zero attached hydrogens (tertiary/aromatic N) is 1. The van der Waals surface area contributed by atoms with Crippen molar-refractivity contribution in [1.82, 2.24) is 4.98 Å². The molecule has 0 fully saturated rings. The second-order valence-corrected chi connectivity index (χ2v) is 4.36. The van der Waals surface area contributed by atoms with Crippen molar-refractivity contribution in [2.75, 3.05) is 5.73 Å². The molecule has 0 aliphatic carbocycles. The number of aryl methyl sites for hydroxylation is 1. The van der Waals surface area contributed by atoms with Gasteiger partial charge in [-0.2, -0.15) is 0 Å². The number of nitrogens with two attached hydrogens (primary N) is 1. The maximum atomic E-state index is 5.94. The van der Waals surface area contributed by atoms with Crippen LogP contribution in [0.3, 0.4) is 0 Å². The van der Waals surface area contributed by atoms with E-state index >= 15 is 0 Å². The quantitative estimate of drug-likeness (QED) is 0.823. The van der Waals surface area contributed by atoms with Crippen LogP contribution in [-0.2, 0) is 0 Å². The Morgan fingerprint density at radius 2 is 2.12 bits per heavy atom. The molecule has 1 atom stereocenters. The van der Waals surface area contributed by atoms with Gasteiger partial charge in [0.25, 0.3) is 0 Å². The molecule has 0 saturated heterocycles. The lowest BCUT2D eigenvalue weighted by Crippen LogP contribution is -2.10. The van der Waals surface area contributed by atoms with E-state index in [4.69, 9.17) is 10.5 Å². The predicted molar refractivity (Wildman–Crippen MR) is 71.3 cm³/mol. The molecular formula is C14H18N2O. The van der Waals surface area contributed by atoms with Gasteiger partial charge in [0.2, 0.25) is 0 Å². The molecule has 1 aromatic carbocycles. The third kappa shape index (κ3) is 2.33. The Hall–Kier alpha value is -1.77. The van der Waals surface area contributed by atoms with Gasteiger partial charge in [-0.3, -0.25) is 4.98 Å².